The van der Waals surface area contributed by atoms with Crippen LogP contribution in [0.5, 0.6) is 5.75 Å². The number of likely N-dealkylation sites (N-methyl/N-ethyl adjacent to an activating group) is 1. The third kappa shape index (κ3) is 3.69. The number of hydrogen-bond donors (Lipinski definition) is 1. The third-order valence-electron chi connectivity index (χ3n) is 4.40. The quantitative estimate of drug-likeness (QED) is 0.756. The lowest BCUT2D eigenvalue weighted by atomic mass is 10.0. The summed E-state index contributed by atoms with van der Waals surface area (Å²) in [7, 11) is 0. The van der Waals surface area contributed by atoms with E-state index in [1.807, 2.05) is 19.9 Å². The number of imide groups is 1. The summed E-state index contributed by atoms with van der Waals surface area (Å²) in [4.78, 5) is 26.9. The topological polar surface area (TPSA) is 58.6 Å². The average molecular weight is 385 g/mol. The number of hydrogen-bond acceptors (Lipinski definition) is 4. The zero-order valence-electron chi connectivity index (χ0n) is 15.5. The van der Waals surface area contributed by atoms with Crippen molar-refractivity contribution in [2.24, 2.45) is 0 Å². The number of benzene rings is 2. The van der Waals surface area contributed by atoms with Gasteiger partial charge in [0.15, 0.2) is 0 Å². The largest absolute Gasteiger partial charge is 0.494 e. The van der Waals surface area contributed by atoms with Gasteiger partial charge in [0.1, 0.15) is 11.4 Å². The molecule has 0 saturated heterocycles. The molecule has 6 heteroatoms. The highest BCUT2D eigenvalue weighted by molar-refractivity contribution is 6.36. The standard InChI is InChI=1S/C21H21ClN2O3/c1-4-24-20(25)18(14-7-10-16(11-8-14)27-5-2)19(21(24)26)23-17-12-15(22)9-6-13(17)3/h6-12,23H,4-5H2,1-3H3. The van der Waals surface area contributed by atoms with Crippen molar-refractivity contribution in [3.8, 4) is 5.75 Å². The first-order valence-corrected chi connectivity index (χ1v) is 9.21. The number of nitrogens with zero attached hydrogens (tertiary/aromatic N) is 1. The maximum absolute atomic E-state index is 12.9. The van der Waals surface area contributed by atoms with Crippen molar-refractivity contribution in [3.05, 3.63) is 64.3 Å². The van der Waals surface area contributed by atoms with Gasteiger partial charge >= 0.3 is 0 Å². The summed E-state index contributed by atoms with van der Waals surface area (Å²) in [5.74, 6) is 0.0609. The average Bonchev–Trinajstić information content (AvgIpc) is 2.89. The second-order valence-electron chi connectivity index (χ2n) is 6.15. The third-order valence-corrected chi connectivity index (χ3v) is 4.63. The first-order chi connectivity index (χ1) is 13.0. The summed E-state index contributed by atoms with van der Waals surface area (Å²) in [5, 5.41) is 3.69. The summed E-state index contributed by atoms with van der Waals surface area (Å²) in [5.41, 5.74) is 2.89. The predicted molar refractivity (Wildman–Crippen MR) is 107 cm³/mol. The molecule has 1 aliphatic heterocycles. The molecule has 3 rings (SSSR count). The highest BCUT2D eigenvalue weighted by Gasteiger charge is 2.38. The van der Waals surface area contributed by atoms with E-state index in [2.05, 4.69) is 5.32 Å². The number of aryl methyl sites for hydroxylation is 1. The Hall–Kier alpha value is -2.79. The molecule has 5 nitrogen and oxygen atoms in total. The fourth-order valence-electron chi connectivity index (χ4n) is 3.00. The van der Waals surface area contributed by atoms with E-state index in [-0.39, 0.29) is 17.5 Å². The van der Waals surface area contributed by atoms with Crippen LogP contribution in [-0.2, 0) is 9.59 Å². The number of anilines is 1. The summed E-state index contributed by atoms with van der Waals surface area (Å²) >= 11 is 6.09. The van der Waals surface area contributed by atoms with Crippen molar-refractivity contribution in [2.75, 3.05) is 18.5 Å². The van der Waals surface area contributed by atoms with E-state index in [9.17, 15) is 9.59 Å². The first kappa shape index (κ1) is 19.0. The van der Waals surface area contributed by atoms with Crippen LogP contribution in [0.3, 0.4) is 0 Å². The number of ether oxygens (including phenoxy) is 1. The minimum atomic E-state index is -0.342. The van der Waals surface area contributed by atoms with Gasteiger partial charge in [0, 0.05) is 17.3 Å². The van der Waals surface area contributed by atoms with Gasteiger partial charge in [0.05, 0.1) is 12.2 Å². The molecule has 2 aromatic rings. The van der Waals surface area contributed by atoms with Gasteiger partial charge in [-0.15, -0.1) is 0 Å². The summed E-state index contributed by atoms with van der Waals surface area (Å²) in [6.07, 6.45) is 0. The minimum Gasteiger partial charge on any atom is -0.494 e. The Morgan fingerprint density at radius 1 is 1.04 bits per heavy atom. The van der Waals surface area contributed by atoms with Crippen LogP contribution in [0.4, 0.5) is 5.69 Å². The van der Waals surface area contributed by atoms with Gasteiger partial charge in [0.25, 0.3) is 11.8 Å². The molecule has 0 radical (unpaired) electrons. The smallest absolute Gasteiger partial charge is 0.278 e. The summed E-state index contributed by atoms with van der Waals surface area (Å²) in [6.45, 7) is 6.46. The highest BCUT2D eigenvalue weighted by atomic mass is 35.5. The molecule has 2 aromatic carbocycles. The van der Waals surface area contributed by atoms with Gasteiger partial charge in [-0.2, -0.15) is 0 Å². The van der Waals surface area contributed by atoms with Crippen LogP contribution in [0.15, 0.2) is 48.2 Å². The molecule has 0 aliphatic carbocycles. The van der Waals surface area contributed by atoms with Crippen molar-refractivity contribution in [1.29, 1.82) is 0 Å². The Kier molecular flexibility index (Phi) is 5.51. The van der Waals surface area contributed by atoms with Crippen LogP contribution in [0, 0.1) is 6.92 Å². The lowest BCUT2D eigenvalue weighted by Crippen LogP contribution is -2.32. The number of carbonyl (C=O) groups excluding carboxylic acids is 2. The maximum Gasteiger partial charge on any atom is 0.278 e. The number of carbonyl (C=O) groups is 2. The molecule has 0 spiro atoms. The van der Waals surface area contributed by atoms with Gasteiger partial charge < -0.3 is 10.1 Å². The van der Waals surface area contributed by atoms with Crippen molar-refractivity contribution < 1.29 is 14.3 Å². The molecule has 0 unspecified atom stereocenters. The zero-order chi connectivity index (χ0) is 19.6. The molecule has 0 bridgehead atoms. The maximum atomic E-state index is 12.9. The van der Waals surface area contributed by atoms with E-state index in [0.29, 0.717) is 40.7 Å². The number of rotatable bonds is 6. The second kappa shape index (κ2) is 7.84. The number of halogens is 1. The molecule has 1 aliphatic rings. The van der Waals surface area contributed by atoms with E-state index in [0.717, 1.165) is 5.56 Å². The van der Waals surface area contributed by atoms with Gasteiger partial charge in [-0.25, -0.2) is 0 Å². The van der Waals surface area contributed by atoms with Crippen molar-refractivity contribution in [1.82, 2.24) is 4.90 Å². The van der Waals surface area contributed by atoms with Crippen molar-refractivity contribution in [2.45, 2.75) is 20.8 Å². The van der Waals surface area contributed by atoms with Gasteiger partial charge in [-0.1, -0.05) is 29.8 Å². The van der Waals surface area contributed by atoms with E-state index in [1.54, 1.807) is 43.3 Å². The fourth-order valence-corrected chi connectivity index (χ4v) is 3.17. The molecule has 27 heavy (non-hydrogen) atoms. The van der Waals surface area contributed by atoms with Gasteiger partial charge in [-0.05, 0) is 56.2 Å². The predicted octanol–water partition coefficient (Wildman–Crippen LogP) is 4.26. The molecule has 1 heterocycles. The van der Waals surface area contributed by atoms with E-state index >= 15 is 0 Å². The van der Waals surface area contributed by atoms with Crippen LogP contribution >= 0.6 is 11.6 Å². The van der Waals surface area contributed by atoms with Crippen LogP contribution in [0.1, 0.15) is 25.0 Å². The van der Waals surface area contributed by atoms with Crippen LogP contribution in [-0.4, -0.2) is 29.9 Å². The summed E-state index contributed by atoms with van der Waals surface area (Å²) < 4.78 is 5.46. The van der Waals surface area contributed by atoms with Crippen LogP contribution < -0.4 is 10.1 Å². The molecule has 1 N–H and O–H groups in total. The molecule has 0 fully saturated rings. The molecular weight excluding hydrogens is 364 g/mol. The molecular formula is C21H21ClN2O3. The normalized spacial score (nSPS) is 14.1. The van der Waals surface area contributed by atoms with E-state index in [1.165, 1.54) is 4.90 Å². The Labute approximate surface area is 163 Å². The van der Waals surface area contributed by atoms with Gasteiger partial charge in [-0.3, -0.25) is 14.5 Å². The lowest BCUT2D eigenvalue weighted by molar-refractivity contribution is -0.136. The zero-order valence-corrected chi connectivity index (χ0v) is 16.3. The van der Waals surface area contributed by atoms with Crippen LogP contribution in [0.2, 0.25) is 5.02 Å². The second-order valence-corrected chi connectivity index (χ2v) is 6.58. The first-order valence-electron chi connectivity index (χ1n) is 8.83. The van der Waals surface area contributed by atoms with E-state index in [4.69, 9.17) is 16.3 Å². The molecule has 2 amide bonds. The molecule has 0 atom stereocenters. The monoisotopic (exact) mass is 384 g/mol. The van der Waals surface area contributed by atoms with Crippen LogP contribution in [0.25, 0.3) is 5.57 Å². The molecule has 140 valence electrons. The van der Waals surface area contributed by atoms with Crippen molar-refractivity contribution >= 4 is 34.7 Å². The fraction of sp³-hybridized carbons (Fsp3) is 0.238. The SMILES string of the molecule is CCOc1ccc(C2=C(Nc3cc(Cl)ccc3C)C(=O)N(CC)C2=O)cc1. The Morgan fingerprint density at radius 2 is 1.74 bits per heavy atom. The Bertz CT molecular complexity index is 920. The van der Waals surface area contributed by atoms with Crippen molar-refractivity contribution in [3.63, 3.8) is 0 Å². The van der Waals surface area contributed by atoms with E-state index < -0.39 is 0 Å². The summed E-state index contributed by atoms with van der Waals surface area (Å²) in [6, 6.07) is 12.5. The van der Waals surface area contributed by atoms with Gasteiger partial charge in [0.2, 0.25) is 0 Å². The Balaban J connectivity index is 2.07. The Morgan fingerprint density at radius 3 is 2.37 bits per heavy atom. The molecule has 0 aromatic heterocycles. The number of nitrogens with one attached hydrogen (secondary N) is 1. The minimum absolute atomic E-state index is 0.261. The lowest BCUT2D eigenvalue weighted by Gasteiger charge is -2.13. The highest BCUT2D eigenvalue weighted by Crippen LogP contribution is 2.32. The number of amides is 2. The molecule has 0 saturated carbocycles.